The Balaban J connectivity index is 1.59. The standard InChI is InChI=1S/C24H20N2O4S/c27-18-8-6-17(7-9-18)23-21(12-15-4-2-1-3-5-15)31-24(26-23)25-22(30)13-16-10-19(28)14-20(29)11-16/h1-11,14,27-29H,12-13H2,(H,25,26,30). The van der Waals surface area contributed by atoms with Crippen LogP contribution in [0, 0.1) is 0 Å². The molecule has 0 fully saturated rings. The van der Waals surface area contributed by atoms with Gasteiger partial charge in [-0.05, 0) is 47.5 Å². The molecule has 4 N–H and O–H groups in total. The van der Waals surface area contributed by atoms with Crippen molar-refractivity contribution in [3.63, 3.8) is 0 Å². The molecule has 156 valence electrons. The van der Waals surface area contributed by atoms with Crippen LogP contribution in [0.2, 0.25) is 0 Å². The van der Waals surface area contributed by atoms with Crippen molar-refractivity contribution in [1.82, 2.24) is 4.98 Å². The molecule has 0 bridgehead atoms. The molecule has 0 atom stereocenters. The average Bonchev–Trinajstić information content (AvgIpc) is 3.10. The third kappa shape index (κ3) is 5.21. The largest absolute Gasteiger partial charge is 0.508 e. The summed E-state index contributed by atoms with van der Waals surface area (Å²) in [5.74, 6) is -0.331. The Morgan fingerprint density at radius 3 is 2.19 bits per heavy atom. The van der Waals surface area contributed by atoms with Gasteiger partial charge in [-0.25, -0.2) is 4.98 Å². The molecule has 0 saturated heterocycles. The molecule has 1 heterocycles. The zero-order valence-corrected chi connectivity index (χ0v) is 17.3. The van der Waals surface area contributed by atoms with Crippen LogP contribution >= 0.6 is 11.3 Å². The van der Waals surface area contributed by atoms with E-state index in [1.54, 1.807) is 24.3 Å². The van der Waals surface area contributed by atoms with Crippen molar-refractivity contribution in [2.24, 2.45) is 0 Å². The zero-order chi connectivity index (χ0) is 21.8. The van der Waals surface area contributed by atoms with E-state index in [2.05, 4.69) is 10.3 Å². The summed E-state index contributed by atoms with van der Waals surface area (Å²) in [7, 11) is 0. The van der Waals surface area contributed by atoms with E-state index in [0.29, 0.717) is 17.1 Å². The first-order valence-electron chi connectivity index (χ1n) is 9.61. The zero-order valence-electron chi connectivity index (χ0n) is 16.4. The number of aromatic nitrogens is 1. The molecule has 0 unspecified atom stereocenters. The number of anilines is 1. The van der Waals surface area contributed by atoms with Gasteiger partial charge in [-0.2, -0.15) is 0 Å². The van der Waals surface area contributed by atoms with Gasteiger partial charge in [0, 0.05) is 22.9 Å². The number of amides is 1. The van der Waals surface area contributed by atoms with Crippen molar-refractivity contribution < 1.29 is 20.1 Å². The fraction of sp³-hybridized carbons (Fsp3) is 0.0833. The van der Waals surface area contributed by atoms with Gasteiger partial charge < -0.3 is 20.6 Å². The summed E-state index contributed by atoms with van der Waals surface area (Å²) in [6.45, 7) is 0. The number of carbonyl (C=O) groups excluding carboxylic acids is 1. The van der Waals surface area contributed by atoms with E-state index in [0.717, 1.165) is 21.7 Å². The lowest BCUT2D eigenvalue weighted by Crippen LogP contribution is -2.14. The number of hydrogen-bond donors (Lipinski definition) is 4. The number of carbonyl (C=O) groups is 1. The molecular formula is C24H20N2O4S. The Hall–Kier alpha value is -3.84. The first kappa shape index (κ1) is 20.4. The maximum Gasteiger partial charge on any atom is 0.230 e. The normalized spacial score (nSPS) is 10.7. The summed E-state index contributed by atoms with van der Waals surface area (Å²) >= 11 is 1.39. The molecule has 1 aromatic heterocycles. The molecule has 31 heavy (non-hydrogen) atoms. The van der Waals surface area contributed by atoms with Crippen LogP contribution in [0.5, 0.6) is 17.2 Å². The fourth-order valence-corrected chi connectivity index (χ4v) is 4.29. The molecule has 3 aromatic carbocycles. The van der Waals surface area contributed by atoms with Gasteiger partial charge in [-0.1, -0.05) is 30.3 Å². The lowest BCUT2D eigenvalue weighted by atomic mass is 10.1. The molecule has 4 aromatic rings. The Morgan fingerprint density at radius 1 is 0.839 bits per heavy atom. The van der Waals surface area contributed by atoms with E-state index in [-0.39, 0.29) is 29.6 Å². The second kappa shape index (κ2) is 8.89. The van der Waals surface area contributed by atoms with Crippen molar-refractivity contribution >= 4 is 22.4 Å². The van der Waals surface area contributed by atoms with Gasteiger partial charge in [0.1, 0.15) is 17.2 Å². The first-order chi connectivity index (χ1) is 15.0. The van der Waals surface area contributed by atoms with E-state index in [9.17, 15) is 20.1 Å². The highest BCUT2D eigenvalue weighted by atomic mass is 32.1. The fourth-order valence-electron chi connectivity index (χ4n) is 3.26. The summed E-state index contributed by atoms with van der Waals surface area (Å²) in [4.78, 5) is 18.1. The highest BCUT2D eigenvalue weighted by Crippen LogP contribution is 2.34. The summed E-state index contributed by atoms with van der Waals surface area (Å²) in [6.07, 6.45) is 0.648. The van der Waals surface area contributed by atoms with Crippen LogP contribution in [0.3, 0.4) is 0 Å². The van der Waals surface area contributed by atoms with E-state index in [1.165, 1.54) is 29.5 Å². The summed E-state index contributed by atoms with van der Waals surface area (Å²) in [6, 6.07) is 20.9. The number of phenols is 3. The molecule has 0 aliphatic carbocycles. The smallest absolute Gasteiger partial charge is 0.230 e. The summed E-state index contributed by atoms with van der Waals surface area (Å²) in [5, 5.41) is 32.1. The van der Waals surface area contributed by atoms with Gasteiger partial charge in [0.05, 0.1) is 12.1 Å². The number of rotatable bonds is 6. The Bertz CT molecular complexity index is 1180. The second-order valence-electron chi connectivity index (χ2n) is 7.08. The van der Waals surface area contributed by atoms with E-state index >= 15 is 0 Å². The maximum absolute atomic E-state index is 12.5. The van der Waals surface area contributed by atoms with Gasteiger partial charge in [-0.15, -0.1) is 11.3 Å². The van der Waals surface area contributed by atoms with Gasteiger partial charge in [0.2, 0.25) is 5.91 Å². The first-order valence-corrected chi connectivity index (χ1v) is 10.4. The topological polar surface area (TPSA) is 103 Å². The third-order valence-electron chi connectivity index (χ3n) is 4.62. The molecule has 0 radical (unpaired) electrons. The van der Waals surface area contributed by atoms with Crippen LogP contribution in [-0.4, -0.2) is 26.2 Å². The van der Waals surface area contributed by atoms with Crippen LogP contribution < -0.4 is 5.32 Å². The summed E-state index contributed by atoms with van der Waals surface area (Å²) < 4.78 is 0. The molecule has 0 aliphatic heterocycles. The van der Waals surface area contributed by atoms with Crippen LogP contribution in [-0.2, 0) is 17.6 Å². The third-order valence-corrected chi connectivity index (χ3v) is 5.59. The Labute approximate surface area is 183 Å². The average molecular weight is 433 g/mol. The van der Waals surface area contributed by atoms with Crippen molar-refractivity contribution in [2.45, 2.75) is 12.8 Å². The highest BCUT2D eigenvalue weighted by molar-refractivity contribution is 7.16. The highest BCUT2D eigenvalue weighted by Gasteiger charge is 2.16. The van der Waals surface area contributed by atoms with Crippen molar-refractivity contribution in [2.75, 3.05) is 5.32 Å². The molecule has 0 saturated carbocycles. The number of thiazole rings is 1. The Kier molecular flexibility index (Phi) is 5.86. The van der Waals surface area contributed by atoms with Crippen molar-refractivity contribution in [3.05, 3.63) is 88.8 Å². The lowest BCUT2D eigenvalue weighted by Gasteiger charge is -2.04. The van der Waals surface area contributed by atoms with Crippen molar-refractivity contribution in [1.29, 1.82) is 0 Å². The molecule has 6 nitrogen and oxygen atoms in total. The molecule has 4 rings (SSSR count). The monoisotopic (exact) mass is 432 g/mol. The van der Waals surface area contributed by atoms with Crippen LogP contribution in [0.25, 0.3) is 11.3 Å². The number of hydrogen-bond acceptors (Lipinski definition) is 6. The number of benzene rings is 3. The van der Waals surface area contributed by atoms with Gasteiger partial charge in [0.25, 0.3) is 0 Å². The predicted octanol–water partition coefficient (Wildman–Crippen LogP) is 4.70. The Morgan fingerprint density at radius 2 is 1.52 bits per heavy atom. The number of phenolic OH excluding ortho intramolecular Hbond substituents is 3. The van der Waals surface area contributed by atoms with Crippen LogP contribution in [0.1, 0.15) is 16.0 Å². The van der Waals surface area contributed by atoms with E-state index in [4.69, 9.17) is 0 Å². The lowest BCUT2D eigenvalue weighted by molar-refractivity contribution is -0.115. The minimum atomic E-state index is -0.303. The van der Waals surface area contributed by atoms with Crippen molar-refractivity contribution in [3.8, 4) is 28.5 Å². The molecule has 1 amide bonds. The summed E-state index contributed by atoms with van der Waals surface area (Å²) in [5.41, 5.74) is 3.21. The number of nitrogens with zero attached hydrogens (tertiary/aromatic N) is 1. The van der Waals surface area contributed by atoms with Gasteiger partial charge in [-0.3, -0.25) is 4.79 Å². The number of nitrogens with one attached hydrogen (secondary N) is 1. The minimum Gasteiger partial charge on any atom is -0.508 e. The molecule has 0 spiro atoms. The molecule has 0 aliphatic rings. The maximum atomic E-state index is 12.5. The number of aromatic hydroxyl groups is 3. The van der Waals surface area contributed by atoms with E-state index < -0.39 is 0 Å². The SMILES string of the molecule is O=C(Cc1cc(O)cc(O)c1)Nc1nc(-c2ccc(O)cc2)c(Cc2ccccc2)s1. The predicted molar refractivity (Wildman–Crippen MR) is 121 cm³/mol. The van der Waals surface area contributed by atoms with Gasteiger partial charge >= 0.3 is 0 Å². The molecule has 7 heteroatoms. The van der Waals surface area contributed by atoms with Crippen LogP contribution in [0.4, 0.5) is 5.13 Å². The quantitative estimate of drug-likeness (QED) is 0.354. The van der Waals surface area contributed by atoms with E-state index in [1.807, 2.05) is 30.3 Å². The van der Waals surface area contributed by atoms with Crippen LogP contribution in [0.15, 0.2) is 72.8 Å². The second-order valence-corrected chi connectivity index (χ2v) is 8.17. The molecular weight excluding hydrogens is 412 g/mol. The van der Waals surface area contributed by atoms with Gasteiger partial charge in [0.15, 0.2) is 5.13 Å². The minimum absolute atomic E-state index is 0.00982.